The zero-order valence-electron chi connectivity index (χ0n) is 14.5. The van der Waals surface area contributed by atoms with Gasteiger partial charge in [-0.15, -0.1) is 0 Å². The molecule has 130 valence electrons. The first-order valence-electron chi connectivity index (χ1n) is 8.35. The van der Waals surface area contributed by atoms with E-state index in [4.69, 9.17) is 9.47 Å². The highest BCUT2D eigenvalue weighted by atomic mass is 16.5. The lowest BCUT2D eigenvalue weighted by Crippen LogP contribution is -2.38. The maximum absolute atomic E-state index is 12.8. The van der Waals surface area contributed by atoms with Gasteiger partial charge in [-0.05, 0) is 36.8 Å². The molecule has 5 nitrogen and oxygen atoms in total. The number of methoxy groups -OCH3 is 1. The number of carbonyl (C=O) groups excluding carboxylic acids is 2. The number of benzene rings is 2. The Bertz CT molecular complexity index is 783. The second kappa shape index (κ2) is 7.38. The number of ether oxygens (including phenoxy) is 2. The zero-order valence-corrected chi connectivity index (χ0v) is 14.5. The van der Waals surface area contributed by atoms with Crippen LogP contribution in [0.3, 0.4) is 0 Å². The highest BCUT2D eigenvalue weighted by Crippen LogP contribution is 2.31. The summed E-state index contributed by atoms with van der Waals surface area (Å²) >= 11 is 0. The van der Waals surface area contributed by atoms with Crippen LogP contribution in [0.5, 0.6) is 11.5 Å². The van der Waals surface area contributed by atoms with Gasteiger partial charge in [0.25, 0.3) is 0 Å². The van der Waals surface area contributed by atoms with Crippen LogP contribution >= 0.6 is 0 Å². The Morgan fingerprint density at radius 1 is 1.12 bits per heavy atom. The van der Waals surface area contributed by atoms with Crippen molar-refractivity contribution in [2.24, 2.45) is 0 Å². The molecular weight excluding hydrogens is 318 g/mol. The molecule has 0 saturated carbocycles. The van der Waals surface area contributed by atoms with Crippen LogP contribution in [0.4, 0.5) is 5.69 Å². The number of fused-ring (bicyclic) bond motifs is 1. The largest absolute Gasteiger partial charge is 0.497 e. The van der Waals surface area contributed by atoms with Gasteiger partial charge in [0.05, 0.1) is 25.8 Å². The fourth-order valence-corrected chi connectivity index (χ4v) is 2.97. The number of anilines is 1. The molecule has 0 atom stereocenters. The topological polar surface area (TPSA) is 55.8 Å². The van der Waals surface area contributed by atoms with Crippen molar-refractivity contribution in [1.82, 2.24) is 0 Å². The van der Waals surface area contributed by atoms with Crippen LogP contribution < -0.4 is 14.4 Å². The van der Waals surface area contributed by atoms with Crippen molar-refractivity contribution < 1.29 is 19.1 Å². The molecule has 1 aliphatic rings. The first-order valence-corrected chi connectivity index (χ1v) is 8.35. The summed E-state index contributed by atoms with van der Waals surface area (Å²) in [5, 5.41) is 0. The van der Waals surface area contributed by atoms with Crippen LogP contribution in [0.25, 0.3) is 0 Å². The highest BCUT2D eigenvalue weighted by molar-refractivity contribution is 6.09. The molecule has 0 fully saturated rings. The van der Waals surface area contributed by atoms with Gasteiger partial charge in [-0.1, -0.05) is 12.1 Å². The van der Waals surface area contributed by atoms with Gasteiger partial charge in [0.2, 0.25) is 5.91 Å². The van der Waals surface area contributed by atoms with E-state index < -0.39 is 0 Å². The molecule has 1 amide bonds. The number of rotatable bonds is 5. The third-order valence-corrected chi connectivity index (χ3v) is 4.25. The van der Waals surface area contributed by atoms with E-state index in [1.54, 1.807) is 30.2 Å². The second-order valence-electron chi connectivity index (χ2n) is 5.86. The van der Waals surface area contributed by atoms with E-state index in [9.17, 15) is 9.59 Å². The van der Waals surface area contributed by atoms with Gasteiger partial charge in [-0.3, -0.25) is 9.59 Å². The first kappa shape index (κ1) is 17.0. The van der Waals surface area contributed by atoms with E-state index in [0.29, 0.717) is 36.6 Å². The zero-order chi connectivity index (χ0) is 17.8. The molecule has 1 heterocycles. The summed E-state index contributed by atoms with van der Waals surface area (Å²) in [6.45, 7) is 2.94. The van der Waals surface area contributed by atoms with Gasteiger partial charge in [-0.2, -0.15) is 0 Å². The van der Waals surface area contributed by atoms with Crippen LogP contribution in [-0.2, 0) is 11.2 Å². The number of hydrogen-bond donors (Lipinski definition) is 0. The summed E-state index contributed by atoms with van der Waals surface area (Å²) in [6, 6.07) is 12.7. The Morgan fingerprint density at radius 2 is 1.84 bits per heavy atom. The molecule has 0 N–H and O–H groups in total. The van der Waals surface area contributed by atoms with Crippen LogP contribution in [0.1, 0.15) is 29.3 Å². The number of amides is 1. The average molecular weight is 339 g/mol. The van der Waals surface area contributed by atoms with Crippen LogP contribution in [0, 0.1) is 0 Å². The minimum absolute atomic E-state index is 0.0360. The van der Waals surface area contributed by atoms with Crippen molar-refractivity contribution in [2.45, 2.75) is 19.8 Å². The van der Waals surface area contributed by atoms with E-state index in [2.05, 4.69) is 0 Å². The Morgan fingerprint density at radius 3 is 2.52 bits per heavy atom. The van der Waals surface area contributed by atoms with Crippen molar-refractivity contribution in [3.8, 4) is 11.5 Å². The van der Waals surface area contributed by atoms with Crippen LogP contribution in [0.2, 0.25) is 0 Å². The maximum Gasteiger partial charge on any atom is 0.231 e. The van der Waals surface area contributed by atoms with Crippen molar-refractivity contribution >= 4 is 17.4 Å². The summed E-state index contributed by atoms with van der Waals surface area (Å²) in [7, 11) is 1.57. The van der Waals surface area contributed by atoms with Crippen LogP contribution in [0.15, 0.2) is 42.5 Å². The minimum atomic E-state index is -0.0360. The SMILES string of the molecule is CCOc1ccc(CC(=O)N2CCC(=O)c3ccc(OC)cc32)cc1. The lowest BCUT2D eigenvalue weighted by atomic mass is 9.99. The van der Waals surface area contributed by atoms with E-state index in [1.165, 1.54) is 0 Å². The molecule has 2 aromatic rings. The molecule has 0 aliphatic carbocycles. The third kappa shape index (κ3) is 3.65. The lowest BCUT2D eigenvalue weighted by molar-refractivity contribution is -0.118. The van der Waals surface area contributed by atoms with Gasteiger partial charge in [0, 0.05) is 24.6 Å². The summed E-state index contributed by atoms with van der Waals surface area (Å²) in [6.07, 6.45) is 0.617. The Balaban J connectivity index is 1.81. The van der Waals surface area contributed by atoms with Crippen molar-refractivity contribution in [3.05, 3.63) is 53.6 Å². The van der Waals surface area contributed by atoms with Crippen molar-refractivity contribution in [1.29, 1.82) is 0 Å². The summed E-state index contributed by atoms with van der Waals surface area (Å²) in [5.41, 5.74) is 2.12. The molecule has 0 aromatic heterocycles. The van der Waals surface area contributed by atoms with E-state index in [0.717, 1.165) is 11.3 Å². The number of nitrogens with zero attached hydrogens (tertiary/aromatic N) is 1. The molecule has 0 radical (unpaired) electrons. The Labute approximate surface area is 147 Å². The van der Waals surface area contributed by atoms with Gasteiger partial charge < -0.3 is 14.4 Å². The smallest absolute Gasteiger partial charge is 0.231 e. The number of Topliss-reactive ketones (excluding diaryl/α,β-unsaturated/α-hetero) is 1. The minimum Gasteiger partial charge on any atom is -0.497 e. The van der Waals surface area contributed by atoms with Crippen molar-refractivity contribution in [3.63, 3.8) is 0 Å². The first-order chi connectivity index (χ1) is 12.1. The van der Waals surface area contributed by atoms with E-state index in [-0.39, 0.29) is 18.1 Å². The molecule has 0 bridgehead atoms. The summed E-state index contributed by atoms with van der Waals surface area (Å²) < 4.78 is 10.7. The third-order valence-electron chi connectivity index (χ3n) is 4.25. The normalized spacial score (nSPS) is 13.4. The predicted octanol–water partition coefficient (Wildman–Crippen LogP) is 3.26. The van der Waals surface area contributed by atoms with Gasteiger partial charge >= 0.3 is 0 Å². The molecule has 0 unspecified atom stereocenters. The number of hydrogen-bond acceptors (Lipinski definition) is 4. The maximum atomic E-state index is 12.8. The molecule has 3 rings (SSSR count). The standard InChI is InChI=1S/C20H21NO4/c1-3-25-15-6-4-14(5-7-15)12-20(23)21-11-10-19(22)17-9-8-16(24-2)13-18(17)21/h4-9,13H,3,10-12H2,1-2H3. The average Bonchev–Trinajstić information content (AvgIpc) is 2.63. The number of ketones is 1. The lowest BCUT2D eigenvalue weighted by Gasteiger charge is -2.29. The predicted molar refractivity (Wildman–Crippen MR) is 95.6 cm³/mol. The Kier molecular flexibility index (Phi) is 5.03. The molecule has 0 saturated heterocycles. The highest BCUT2D eigenvalue weighted by Gasteiger charge is 2.27. The molecule has 1 aliphatic heterocycles. The summed E-state index contributed by atoms with van der Waals surface area (Å²) in [5.74, 6) is 1.44. The second-order valence-corrected chi connectivity index (χ2v) is 5.86. The van der Waals surface area contributed by atoms with Crippen LogP contribution in [-0.4, -0.2) is 32.0 Å². The Hall–Kier alpha value is -2.82. The molecule has 5 heteroatoms. The van der Waals surface area contributed by atoms with Gasteiger partial charge in [0.1, 0.15) is 11.5 Å². The van der Waals surface area contributed by atoms with Crippen molar-refractivity contribution in [2.75, 3.05) is 25.2 Å². The fraction of sp³-hybridized carbons (Fsp3) is 0.300. The van der Waals surface area contributed by atoms with Gasteiger partial charge in [0.15, 0.2) is 5.78 Å². The molecule has 25 heavy (non-hydrogen) atoms. The molecular formula is C20H21NO4. The monoisotopic (exact) mass is 339 g/mol. The quantitative estimate of drug-likeness (QED) is 0.839. The number of carbonyl (C=O) groups is 2. The molecule has 2 aromatic carbocycles. The fourth-order valence-electron chi connectivity index (χ4n) is 2.97. The van der Waals surface area contributed by atoms with Gasteiger partial charge in [-0.25, -0.2) is 0 Å². The van der Waals surface area contributed by atoms with E-state index in [1.807, 2.05) is 31.2 Å². The summed E-state index contributed by atoms with van der Waals surface area (Å²) in [4.78, 5) is 26.6. The molecule has 0 spiro atoms. The van der Waals surface area contributed by atoms with E-state index >= 15 is 0 Å².